The standard InChI is InChI=1S/C29H30Cl2F2N4O2/c1-28(2,3)14-24-29(17-12-21(33)19(31)13-22(17)35-27(29)39)25(16-6-7-20(32)18(30)11-16)26(36-24)23(38)5-4-9-37-10-8-34-15-37/h6-8,10-13,15,24-26,36H,4-5,9,14H2,1-3H3,(H,35,39)/t24-,25+,26+,29+/m1/s1. The lowest BCUT2D eigenvalue weighted by Crippen LogP contribution is -2.49. The summed E-state index contributed by atoms with van der Waals surface area (Å²) < 4.78 is 31.1. The fourth-order valence-corrected chi connectivity index (χ4v) is 6.55. The monoisotopic (exact) mass is 574 g/mol. The first-order valence-corrected chi connectivity index (χ1v) is 13.7. The van der Waals surface area contributed by atoms with Gasteiger partial charge in [-0.15, -0.1) is 0 Å². The molecular formula is C29H30Cl2F2N4O2. The molecule has 1 fully saturated rings. The minimum Gasteiger partial charge on any atom is -0.337 e. The maximum Gasteiger partial charge on any atom is 0.237 e. The van der Waals surface area contributed by atoms with Gasteiger partial charge in [-0.05, 0) is 53.6 Å². The van der Waals surface area contributed by atoms with Gasteiger partial charge in [0.1, 0.15) is 22.8 Å². The Morgan fingerprint density at radius 2 is 1.87 bits per heavy atom. The number of Topliss-reactive ketones (excluding diaryl/α,β-unsaturated/α-hetero) is 1. The van der Waals surface area contributed by atoms with E-state index in [1.165, 1.54) is 24.3 Å². The van der Waals surface area contributed by atoms with Crippen molar-refractivity contribution in [2.24, 2.45) is 5.41 Å². The van der Waals surface area contributed by atoms with Gasteiger partial charge in [-0.1, -0.05) is 50.0 Å². The molecule has 2 aliphatic rings. The molecule has 10 heteroatoms. The van der Waals surface area contributed by atoms with Gasteiger partial charge in [0, 0.05) is 43.0 Å². The largest absolute Gasteiger partial charge is 0.337 e. The van der Waals surface area contributed by atoms with Crippen LogP contribution < -0.4 is 10.6 Å². The summed E-state index contributed by atoms with van der Waals surface area (Å²) >= 11 is 12.3. The zero-order chi connectivity index (χ0) is 28.1. The van der Waals surface area contributed by atoms with Gasteiger partial charge < -0.3 is 15.2 Å². The molecule has 2 aliphatic heterocycles. The zero-order valence-electron chi connectivity index (χ0n) is 21.9. The van der Waals surface area contributed by atoms with E-state index in [4.69, 9.17) is 23.2 Å². The summed E-state index contributed by atoms with van der Waals surface area (Å²) in [4.78, 5) is 32.0. The summed E-state index contributed by atoms with van der Waals surface area (Å²) in [7, 11) is 0. The number of ketones is 1. The Labute approximate surface area is 236 Å². The molecule has 0 aliphatic carbocycles. The number of carbonyl (C=O) groups excluding carboxylic acids is 2. The van der Waals surface area contributed by atoms with Crippen molar-refractivity contribution in [2.75, 3.05) is 5.32 Å². The maximum absolute atomic E-state index is 15.0. The predicted molar refractivity (Wildman–Crippen MR) is 147 cm³/mol. The second kappa shape index (κ2) is 10.3. The number of nitrogens with one attached hydrogen (secondary N) is 2. The zero-order valence-corrected chi connectivity index (χ0v) is 23.4. The van der Waals surface area contributed by atoms with Crippen LogP contribution in [0.25, 0.3) is 0 Å². The SMILES string of the molecule is CC(C)(C)C[C@H]1N[C@@H](C(=O)CCCn2ccnc2)[C@H](c2ccc(F)c(Cl)c2)[C@@]12C(=O)Nc1cc(Cl)c(F)cc12. The highest BCUT2D eigenvalue weighted by atomic mass is 35.5. The van der Waals surface area contributed by atoms with Crippen LogP contribution in [0.4, 0.5) is 14.5 Å². The number of hydrogen-bond acceptors (Lipinski definition) is 4. The molecule has 4 atom stereocenters. The highest BCUT2D eigenvalue weighted by molar-refractivity contribution is 6.31. The van der Waals surface area contributed by atoms with E-state index in [2.05, 4.69) is 15.6 Å². The van der Waals surface area contributed by atoms with Crippen molar-refractivity contribution in [1.29, 1.82) is 0 Å². The number of nitrogens with zero attached hydrogens (tertiary/aromatic N) is 2. The second-order valence-electron chi connectivity index (χ2n) is 11.6. The molecule has 206 valence electrons. The lowest BCUT2D eigenvalue weighted by molar-refractivity contribution is -0.122. The number of benzene rings is 2. The summed E-state index contributed by atoms with van der Waals surface area (Å²) in [6.07, 6.45) is 6.51. The Morgan fingerprint density at radius 1 is 1.13 bits per heavy atom. The minimum absolute atomic E-state index is 0.0907. The molecule has 1 aromatic heterocycles. The van der Waals surface area contributed by atoms with Gasteiger partial charge in [0.25, 0.3) is 0 Å². The van der Waals surface area contributed by atoms with E-state index in [9.17, 15) is 18.4 Å². The van der Waals surface area contributed by atoms with Crippen molar-refractivity contribution in [3.63, 3.8) is 0 Å². The number of carbonyl (C=O) groups is 2. The third kappa shape index (κ3) is 4.98. The van der Waals surface area contributed by atoms with Gasteiger partial charge in [-0.2, -0.15) is 0 Å². The molecule has 3 aromatic rings. The average Bonchev–Trinajstić information content (AvgIpc) is 3.55. The van der Waals surface area contributed by atoms with Gasteiger partial charge >= 0.3 is 0 Å². The van der Waals surface area contributed by atoms with E-state index in [-0.39, 0.29) is 33.6 Å². The third-order valence-electron chi connectivity index (χ3n) is 7.75. The number of hydrogen-bond donors (Lipinski definition) is 2. The molecule has 3 heterocycles. The first kappa shape index (κ1) is 27.7. The van der Waals surface area contributed by atoms with Crippen molar-refractivity contribution in [3.8, 4) is 0 Å². The van der Waals surface area contributed by atoms with Crippen molar-refractivity contribution < 1.29 is 18.4 Å². The van der Waals surface area contributed by atoms with Gasteiger partial charge in [-0.25, -0.2) is 13.8 Å². The summed E-state index contributed by atoms with van der Waals surface area (Å²) in [5.41, 5.74) is -0.256. The van der Waals surface area contributed by atoms with Gasteiger partial charge in [0.2, 0.25) is 5.91 Å². The number of imidazole rings is 1. The number of fused-ring (bicyclic) bond motifs is 2. The van der Waals surface area contributed by atoms with E-state index in [0.29, 0.717) is 36.2 Å². The van der Waals surface area contributed by atoms with Crippen molar-refractivity contribution in [1.82, 2.24) is 14.9 Å². The number of halogens is 4. The number of aromatic nitrogens is 2. The highest BCUT2D eigenvalue weighted by Gasteiger charge is 2.65. The summed E-state index contributed by atoms with van der Waals surface area (Å²) in [6.45, 7) is 6.74. The van der Waals surface area contributed by atoms with E-state index in [1.807, 2.05) is 31.5 Å². The van der Waals surface area contributed by atoms with Gasteiger partial charge in [0.15, 0.2) is 0 Å². The van der Waals surface area contributed by atoms with Crippen molar-refractivity contribution in [2.45, 2.75) is 70.0 Å². The van der Waals surface area contributed by atoms with Crippen LogP contribution in [0.15, 0.2) is 49.1 Å². The van der Waals surface area contributed by atoms with Gasteiger partial charge in [0.05, 0.1) is 22.4 Å². The number of rotatable bonds is 7. The molecule has 2 N–H and O–H groups in total. The van der Waals surface area contributed by atoms with Crippen LogP contribution in [0.3, 0.4) is 0 Å². The van der Waals surface area contributed by atoms with Crippen molar-refractivity contribution >= 4 is 40.6 Å². The first-order valence-electron chi connectivity index (χ1n) is 12.9. The molecule has 0 unspecified atom stereocenters. The fraction of sp³-hybridized carbons (Fsp3) is 0.414. The molecule has 0 radical (unpaired) electrons. The van der Waals surface area contributed by atoms with Crippen LogP contribution in [-0.4, -0.2) is 33.3 Å². The molecule has 5 rings (SSSR count). The summed E-state index contributed by atoms with van der Waals surface area (Å²) in [5, 5.41) is 6.16. The molecular weight excluding hydrogens is 545 g/mol. The number of amides is 1. The molecule has 6 nitrogen and oxygen atoms in total. The highest BCUT2D eigenvalue weighted by Crippen LogP contribution is 2.57. The molecule has 0 bridgehead atoms. The predicted octanol–water partition coefficient (Wildman–Crippen LogP) is 6.27. The molecule has 1 saturated heterocycles. The Balaban J connectivity index is 1.65. The lowest BCUT2D eigenvalue weighted by Gasteiger charge is -2.37. The average molecular weight is 575 g/mol. The molecule has 1 amide bonds. The molecule has 1 spiro atoms. The van der Waals surface area contributed by atoms with Crippen molar-refractivity contribution in [3.05, 3.63) is 81.9 Å². The Hall–Kier alpha value is -2.81. The maximum atomic E-state index is 15.0. The van der Waals surface area contributed by atoms with Gasteiger partial charge in [-0.3, -0.25) is 9.59 Å². The second-order valence-corrected chi connectivity index (χ2v) is 12.4. The quantitative estimate of drug-likeness (QED) is 0.349. The van der Waals surface area contributed by atoms with E-state index < -0.39 is 35.1 Å². The van der Waals surface area contributed by atoms with Crippen LogP contribution in [-0.2, 0) is 21.5 Å². The number of anilines is 1. The van der Waals surface area contributed by atoms with Crippen LogP contribution in [0.2, 0.25) is 10.0 Å². The van der Waals surface area contributed by atoms with E-state index in [0.717, 1.165) is 0 Å². The summed E-state index contributed by atoms with van der Waals surface area (Å²) in [5.74, 6) is -2.49. The lowest BCUT2D eigenvalue weighted by atomic mass is 9.62. The molecule has 0 saturated carbocycles. The van der Waals surface area contributed by atoms with Crippen LogP contribution in [0, 0.1) is 17.0 Å². The first-order chi connectivity index (χ1) is 18.4. The number of aryl methyl sites for hydroxylation is 1. The third-order valence-corrected chi connectivity index (χ3v) is 8.33. The van der Waals surface area contributed by atoms with E-state index in [1.54, 1.807) is 18.6 Å². The van der Waals surface area contributed by atoms with Crippen LogP contribution in [0.1, 0.15) is 57.1 Å². The Morgan fingerprint density at radius 3 is 2.54 bits per heavy atom. The van der Waals surface area contributed by atoms with Crippen LogP contribution in [0.5, 0.6) is 0 Å². The smallest absolute Gasteiger partial charge is 0.237 e. The van der Waals surface area contributed by atoms with Crippen LogP contribution >= 0.6 is 23.2 Å². The fourth-order valence-electron chi connectivity index (χ4n) is 6.20. The topological polar surface area (TPSA) is 76.0 Å². The Kier molecular flexibility index (Phi) is 7.33. The Bertz CT molecular complexity index is 1420. The summed E-state index contributed by atoms with van der Waals surface area (Å²) in [6, 6.07) is 5.62. The molecule has 39 heavy (non-hydrogen) atoms. The minimum atomic E-state index is -1.36. The molecule has 2 aromatic carbocycles. The van der Waals surface area contributed by atoms with E-state index >= 15 is 0 Å². The normalized spacial score (nSPS) is 24.3.